The number of carboxylic acid groups (broad SMARTS) is 1. The summed E-state index contributed by atoms with van der Waals surface area (Å²) >= 11 is 0. The van der Waals surface area contributed by atoms with Crippen molar-refractivity contribution >= 4 is 5.97 Å². The average Bonchev–Trinajstić information content (AvgIpc) is 3.05. The molecule has 0 spiro atoms. The number of aromatic carboxylic acids is 1. The first kappa shape index (κ1) is 11.8. The second-order valence-electron chi connectivity index (χ2n) is 4.70. The van der Waals surface area contributed by atoms with E-state index in [2.05, 4.69) is 5.16 Å². The number of hydrogen-bond donors (Lipinski definition) is 1. The van der Waals surface area contributed by atoms with Gasteiger partial charge < -0.3 is 14.4 Å². The van der Waals surface area contributed by atoms with E-state index in [1.54, 1.807) is 0 Å². The van der Waals surface area contributed by atoms with Crippen molar-refractivity contribution in [2.75, 3.05) is 0 Å². The number of ether oxygens (including phenoxy) is 1. The summed E-state index contributed by atoms with van der Waals surface area (Å²) in [5.41, 5.74) is 2.30. The molecule has 19 heavy (non-hydrogen) atoms. The van der Waals surface area contributed by atoms with E-state index in [0.717, 1.165) is 29.7 Å². The van der Waals surface area contributed by atoms with E-state index in [0.29, 0.717) is 5.69 Å². The normalized spacial score (nSPS) is 14.4. The minimum absolute atomic E-state index is 0.172. The Morgan fingerprint density at radius 3 is 2.84 bits per heavy atom. The molecule has 1 aliphatic rings. The fourth-order valence-corrected chi connectivity index (χ4v) is 1.82. The van der Waals surface area contributed by atoms with Crippen molar-refractivity contribution < 1.29 is 19.2 Å². The van der Waals surface area contributed by atoms with E-state index in [1.165, 1.54) is 6.07 Å². The number of rotatable bonds is 4. The van der Waals surface area contributed by atoms with Gasteiger partial charge in [-0.2, -0.15) is 0 Å². The Balaban J connectivity index is 2.00. The Labute approximate surface area is 109 Å². The zero-order valence-corrected chi connectivity index (χ0v) is 10.4. The maximum absolute atomic E-state index is 10.8. The first-order chi connectivity index (χ1) is 9.13. The van der Waals surface area contributed by atoms with Crippen LogP contribution in [0.5, 0.6) is 5.75 Å². The monoisotopic (exact) mass is 259 g/mol. The van der Waals surface area contributed by atoms with Crippen LogP contribution in [-0.2, 0) is 0 Å². The molecule has 1 saturated carbocycles. The number of carbonyl (C=O) groups is 1. The van der Waals surface area contributed by atoms with Gasteiger partial charge in [-0.3, -0.25) is 0 Å². The molecular weight excluding hydrogens is 246 g/mol. The van der Waals surface area contributed by atoms with E-state index in [1.807, 2.05) is 25.1 Å². The van der Waals surface area contributed by atoms with Crippen LogP contribution in [0.1, 0.15) is 29.0 Å². The van der Waals surface area contributed by atoms with Gasteiger partial charge in [-0.15, -0.1) is 0 Å². The number of aryl methyl sites for hydroxylation is 1. The second-order valence-corrected chi connectivity index (χ2v) is 4.70. The van der Waals surface area contributed by atoms with Crippen LogP contribution >= 0.6 is 0 Å². The largest absolute Gasteiger partial charge is 0.490 e. The van der Waals surface area contributed by atoms with Gasteiger partial charge in [0.15, 0.2) is 0 Å². The number of carboxylic acids is 1. The van der Waals surface area contributed by atoms with Crippen molar-refractivity contribution in [2.45, 2.75) is 25.9 Å². The summed E-state index contributed by atoms with van der Waals surface area (Å²) in [4.78, 5) is 10.8. The molecule has 1 N–H and O–H groups in total. The summed E-state index contributed by atoms with van der Waals surface area (Å²) < 4.78 is 10.6. The van der Waals surface area contributed by atoms with Crippen LogP contribution in [0.2, 0.25) is 0 Å². The predicted molar refractivity (Wildman–Crippen MR) is 67.3 cm³/mol. The molecule has 0 amide bonds. The lowest BCUT2D eigenvalue weighted by molar-refractivity contribution is 0.0652. The maximum Gasteiger partial charge on any atom is 0.374 e. The van der Waals surface area contributed by atoms with Gasteiger partial charge in [0.25, 0.3) is 0 Å². The molecule has 1 aromatic carbocycles. The second kappa shape index (κ2) is 4.42. The van der Waals surface area contributed by atoms with Gasteiger partial charge in [0, 0.05) is 11.6 Å². The Morgan fingerprint density at radius 2 is 2.21 bits per heavy atom. The molecule has 1 heterocycles. The van der Waals surface area contributed by atoms with Crippen LogP contribution in [0.15, 0.2) is 28.8 Å². The SMILES string of the molecule is Cc1ccc(OC2CC2)c(-c2cc(C(=O)O)on2)c1. The number of hydrogen-bond acceptors (Lipinski definition) is 4. The molecule has 1 aliphatic carbocycles. The van der Waals surface area contributed by atoms with E-state index in [9.17, 15) is 4.79 Å². The molecule has 3 rings (SSSR count). The highest BCUT2D eigenvalue weighted by atomic mass is 16.5. The zero-order chi connectivity index (χ0) is 13.4. The van der Waals surface area contributed by atoms with Crippen LogP contribution in [0.4, 0.5) is 0 Å². The van der Waals surface area contributed by atoms with Crippen LogP contribution in [-0.4, -0.2) is 22.3 Å². The first-order valence-electron chi connectivity index (χ1n) is 6.11. The molecule has 0 bridgehead atoms. The fraction of sp³-hybridized carbons (Fsp3) is 0.286. The molecule has 0 atom stereocenters. The summed E-state index contributed by atoms with van der Waals surface area (Å²) in [6, 6.07) is 7.18. The molecule has 5 heteroatoms. The minimum Gasteiger partial charge on any atom is -0.490 e. The summed E-state index contributed by atoms with van der Waals surface area (Å²) in [7, 11) is 0. The summed E-state index contributed by atoms with van der Waals surface area (Å²) in [5.74, 6) is -0.580. The highest BCUT2D eigenvalue weighted by molar-refractivity contribution is 5.86. The lowest BCUT2D eigenvalue weighted by Crippen LogP contribution is -1.98. The first-order valence-corrected chi connectivity index (χ1v) is 6.11. The number of aromatic nitrogens is 1. The molecule has 0 unspecified atom stereocenters. The van der Waals surface area contributed by atoms with Crippen LogP contribution in [0.25, 0.3) is 11.3 Å². The van der Waals surface area contributed by atoms with E-state index in [-0.39, 0.29) is 11.9 Å². The average molecular weight is 259 g/mol. The maximum atomic E-state index is 10.8. The van der Waals surface area contributed by atoms with Gasteiger partial charge in [0.05, 0.1) is 6.10 Å². The van der Waals surface area contributed by atoms with Gasteiger partial charge in [0.2, 0.25) is 5.76 Å². The standard InChI is InChI=1S/C14H13NO4/c1-8-2-5-12(18-9-3-4-9)10(6-8)11-7-13(14(16)17)19-15-11/h2,5-7,9H,3-4H2,1H3,(H,16,17). The van der Waals surface area contributed by atoms with Gasteiger partial charge in [-0.25, -0.2) is 4.79 Å². The van der Waals surface area contributed by atoms with Crippen molar-refractivity contribution in [1.82, 2.24) is 5.16 Å². The van der Waals surface area contributed by atoms with Gasteiger partial charge >= 0.3 is 5.97 Å². The van der Waals surface area contributed by atoms with Gasteiger partial charge in [-0.05, 0) is 31.9 Å². The quantitative estimate of drug-likeness (QED) is 0.913. The molecule has 0 saturated heterocycles. The van der Waals surface area contributed by atoms with Crippen molar-refractivity contribution in [3.8, 4) is 17.0 Å². The third kappa shape index (κ3) is 2.45. The summed E-state index contributed by atoms with van der Waals surface area (Å²) in [6.45, 7) is 1.96. The highest BCUT2D eigenvalue weighted by Gasteiger charge is 2.25. The number of benzene rings is 1. The van der Waals surface area contributed by atoms with E-state index < -0.39 is 5.97 Å². The molecule has 0 radical (unpaired) electrons. The molecule has 2 aromatic rings. The minimum atomic E-state index is -1.13. The van der Waals surface area contributed by atoms with Crippen molar-refractivity contribution in [1.29, 1.82) is 0 Å². The van der Waals surface area contributed by atoms with Crippen molar-refractivity contribution in [3.63, 3.8) is 0 Å². The third-order valence-corrected chi connectivity index (χ3v) is 2.95. The molecule has 98 valence electrons. The molecule has 1 aromatic heterocycles. The Kier molecular flexibility index (Phi) is 2.74. The van der Waals surface area contributed by atoms with Gasteiger partial charge in [0.1, 0.15) is 11.4 Å². The molecule has 0 aliphatic heterocycles. The van der Waals surface area contributed by atoms with Crippen molar-refractivity contribution in [2.24, 2.45) is 0 Å². The molecular formula is C14H13NO4. The van der Waals surface area contributed by atoms with Crippen molar-refractivity contribution in [3.05, 3.63) is 35.6 Å². The Hall–Kier alpha value is -2.30. The third-order valence-electron chi connectivity index (χ3n) is 2.95. The molecule has 1 fully saturated rings. The van der Waals surface area contributed by atoms with Crippen LogP contribution in [0, 0.1) is 6.92 Å². The van der Waals surface area contributed by atoms with Crippen LogP contribution in [0.3, 0.4) is 0 Å². The van der Waals surface area contributed by atoms with E-state index >= 15 is 0 Å². The molecule has 5 nitrogen and oxygen atoms in total. The lowest BCUT2D eigenvalue weighted by atomic mass is 10.1. The number of nitrogens with zero attached hydrogens (tertiary/aromatic N) is 1. The summed E-state index contributed by atoms with van der Waals surface area (Å²) in [5, 5.41) is 12.7. The zero-order valence-electron chi connectivity index (χ0n) is 10.4. The Bertz CT molecular complexity index is 628. The van der Waals surface area contributed by atoms with E-state index in [4.69, 9.17) is 14.4 Å². The predicted octanol–water partition coefficient (Wildman–Crippen LogP) is 2.89. The smallest absolute Gasteiger partial charge is 0.374 e. The topological polar surface area (TPSA) is 72.6 Å². The fourth-order valence-electron chi connectivity index (χ4n) is 1.82. The van der Waals surface area contributed by atoms with Gasteiger partial charge in [-0.1, -0.05) is 16.8 Å². The summed E-state index contributed by atoms with van der Waals surface area (Å²) in [6.07, 6.45) is 2.39. The highest BCUT2D eigenvalue weighted by Crippen LogP contribution is 2.35. The lowest BCUT2D eigenvalue weighted by Gasteiger charge is -2.09. The Morgan fingerprint density at radius 1 is 1.42 bits per heavy atom. The van der Waals surface area contributed by atoms with Crippen LogP contribution < -0.4 is 4.74 Å².